The zero-order chi connectivity index (χ0) is 16.1. The normalized spacial score (nSPS) is 11.8. The molecule has 1 amide bonds. The van der Waals surface area contributed by atoms with Crippen LogP contribution in [-0.4, -0.2) is 13.0 Å². The maximum absolute atomic E-state index is 12.4. The highest BCUT2D eigenvalue weighted by atomic mass is 35.5. The quantitative estimate of drug-likeness (QED) is 0.831. The molecule has 2 aromatic rings. The molecule has 0 saturated heterocycles. The van der Waals surface area contributed by atoms with Crippen molar-refractivity contribution in [3.63, 3.8) is 0 Å². The van der Waals surface area contributed by atoms with Crippen molar-refractivity contribution in [1.29, 1.82) is 0 Å². The number of methoxy groups -OCH3 is 1. The van der Waals surface area contributed by atoms with E-state index in [9.17, 15) is 4.79 Å². The number of halogens is 1. The number of rotatable bonds is 5. The van der Waals surface area contributed by atoms with Gasteiger partial charge in [-0.05, 0) is 48.2 Å². The average molecular weight is 318 g/mol. The molecule has 0 aliphatic heterocycles. The average Bonchev–Trinajstić information content (AvgIpc) is 2.54. The Labute approximate surface area is 136 Å². The highest BCUT2D eigenvalue weighted by Gasteiger charge is 2.13. The number of carbonyl (C=O) groups excluding carboxylic acids is 1. The van der Waals surface area contributed by atoms with Crippen LogP contribution in [0.4, 0.5) is 5.69 Å². The Hall–Kier alpha value is -2.00. The largest absolute Gasteiger partial charge is 0.496 e. The molecule has 0 radical (unpaired) electrons. The van der Waals surface area contributed by atoms with Crippen molar-refractivity contribution in [1.82, 2.24) is 0 Å². The number of benzene rings is 2. The van der Waals surface area contributed by atoms with Crippen molar-refractivity contribution in [2.45, 2.75) is 26.2 Å². The summed E-state index contributed by atoms with van der Waals surface area (Å²) < 4.78 is 5.20. The fourth-order valence-corrected chi connectivity index (χ4v) is 2.36. The van der Waals surface area contributed by atoms with Crippen molar-refractivity contribution >= 4 is 23.2 Å². The molecular weight excluding hydrogens is 298 g/mol. The Balaban J connectivity index is 2.17. The summed E-state index contributed by atoms with van der Waals surface area (Å²) in [7, 11) is 1.53. The van der Waals surface area contributed by atoms with E-state index in [4.69, 9.17) is 16.3 Å². The molecule has 3 nitrogen and oxygen atoms in total. The van der Waals surface area contributed by atoms with Crippen molar-refractivity contribution in [2.24, 2.45) is 0 Å². The van der Waals surface area contributed by atoms with Crippen molar-refractivity contribution in [2.75, 3.05) is 12.4 Å². The maximum Gasteiger partial charge on any atom is 0.259 e. The van der Waals surface area contributed by atoms with E-state index in [1.165, 1.54) is 12.7 Å². The molecule has 0 heterocycles. The first-order valence-electron chi connectivity index (χ1n) is 7.30. The molecule has 116 valence electrons. The number of amides is 1. The van der Waals surface area contributed by atoms with E-state index in [1.807, 2.05) is 24.3 Å². The molecule has 0 aliphatic rings. The van der Waals surface area contributed by atoms with Crippen molar-refractivity contribution < 1.29 is 9.53 Å². The Morgan fingerprint density at radius 3 is 2.50 bits per heavy atom. The summed E-state index contributed by atoms with van der Waals surface area (Å²) in [6.07, 6.45) is 1.09. The fraction of sp³-hybridized carbons (Fsp3) is 0.278. The standard InChI is InChI=1S/C18H20ClNO2/c1-4-12(2)13-5-8-15(9-6-13)20-18(21)16-11-14(19)7-10-17(16)22-3/h5-12H,4H2,1-3H3,(H,20,21). The lowest BCUT2D eigenvalue weighted by Crippen LogP contribution is -2.13. The summed E-state index contributed by atoms with van der Waals surface area (Å²) >= 11 is 5.96. The molecule has 1 unspecified atom stereocenters. The Morgan fingerprint density at radius 2 is 1.91 bits per heavy atom. The molecule has 4 heteroatoms. The minimum absolute atomic E-state index is 0.240. The van der Waals surface area contributed by atoms with Crippen LogP contribution in [0.2, 0.25) is 5.02 Å². The number of hydrogen-bond donors (Lipinski definition) is 1. The number of anilines is 1. The summed E-state index contributed by atoms with van der Waals surface area (Å²) in [6, 6.07) is 12.9. The fourth-order valence-electron chi connectivity index (χ4n) is 2.19. The molecule has 1 N–H and O–H groups in total. The van der Waals surface area contributed by atoms with Crippen molar-refractivity contribution in [3.05, 3.63) is 58.6 Å². The van der Waals surface area contributed by atoms with Gasteiger partial charge in [0.15, 0.2) is 0 Å². The number of hydrogen-bond acceptors (Lipinski definition) is 2. The second-order valence-electron chi connectivity index (χ2n) is 5.23. The van der Waals surface area contributed by atoms with Crippen LogP contribution in [0.3, 0.4) is 0 Å². The van der Waals surface area contributed by atoms with Gasteiger partial charge in [0.05, 0.1) is 12.7 Å². The monoisotopic (exact) mass is 317 g/mol. The third kappa shape index (κ3) is 3.80. The van der Waals surface area contributed by atoms with Gasteiger partial charge in [-0.25, -0.2) is 0 Å². The minimum atomic E-state index is -0.240. The highest BCUT2D eigenvalue weighted by molar-refractivity contribution is 6.31. The smallest absolute Gasteiger partial charge is 0.259 e. The SMILES string of the molecule is CCC(C)c1ccc(NC(=O)c2cc(Cl)ccc2OC)cc1. The van der Waals surface area contributed by atoms with E-state index in [0.29, 0.717) is 22.3 Å². The van der Waals surface area contributed by atoms with Gasteiger partial charge in [-0.1, -0.05) is 37.6 Å². The van der Waals surface area contributed by atoms with Gasteiger partial charge in [-0.2, -0.15) is 0 Å². The van der Waals surface area contributed by atoms with Crippen LogP contribution in [0, 0.1) is 0 Å². The van der Waals surface area contributed by atoms with Crippen LogP contribution < -0.4 is 10.1 Å². The van der Waals surface area contributed by atoms with Gasteiger partial charge < -0.3 is 10.1 Å². The molecule has 22 heavy (non-hydrogen) atoms. The highest BCUT2D eigenvalue weighted by Crippen LogP contribution is 2.25. The van der Waals surface area contributed by atoms with E-state index in [2.05, 4.69) is 19.2 Å². The zero-order valence-electron chi connectivity index (χ0n) is 13.0. The second kappa shape index (κ2) is 7.32. The predicted molar refractivity (Wildman–Crippen MR) is 91.1 cm³/mol. The first kappa shape index (κ1) is 16.4. The van der Waals surface area contributed by atoms with Crippen molar-refractivity contribution in [3.8, 4) is 5.75 Å². The molecule has 0 aromatic heterocycles. The zero-order valence-corrected chi connectivity index (χ0v) is 13.8. The van der Waals surface area contributed by atoms with Gasteiger partial charge >= 0.3 is 0 Å². The van der Waals surface area contributed by atoms with Gasteiger partial charge in [0, 0.05) is 10.7 Å². The van der Waals surface area contributed by atoms with Crippen LogP contribution in [0.1, 0.15) is 42.1 Å². The molecule has 2 rings (SSSR count). The lowest BCUT2D eigenvalue weighted by atomic mass is 9.98. The Morgan fingerprint density at radius 1 is 1.23 bits per heavy atom. The van der Waals surface area contributed by atoms with E-state index < -0.39 is 0 Å². The Kier molecular flexibility index (Phi) is 5.45. The second-order valence-corrected chi connectivity index (χ2v) is 5.67. The molecule has 0 spiro atoms. The predicted octanol–water partition coefficient (Wildman–Crippen LogP) is 5.11. The van der Waals surface area contributed by atoms with Crippen LogP contribution in [0.5, 0.6) is 5.75 Å². The molecule has 0 saturated carbocycles. The lowest BCUT2D eigenvalue weighted by molar-refractivity contribution is 0.102. The maximum atomic E-state index is 12.4. The van der Waals surface area contributed by atoms with Crippen LogP contribution in [-0.2, 0) is 0 Å². The third-order valence-electron chi connectivity index (χ3n) is 3.76. The van der Waals surface area contributed by atoms with E-state index in [-0.39, 0.29) is 5.91 Å². The molecule has 0 aliphatic carbocycles. The van der Waals surface area contributed by atoms with Gasteiger partial charge in [0.1, 0.15) is 5.75 Å². The van der Waals surface area contributed by atoms with Crippen LogP contribution >= 0.6 is 11.6 Å². The summed E-state index contributed by atoms with van der Waals surface area (Å²) in [4.78, 5) is 12.4. The minimum Gasteiger partial charge on any atom is -0.496 e. The lowest BCUT2D eigenvalue weighted by Gasteiger charge is -2.12. The summed E-state index contributed by atoms with van der Waals surface area (Å²) in [5.74, 6) is 0.770. The molecule has 2 aromatic carbocycles. The summed E-state index contributed by atoms with van der Waals surface area (Å²) in [5, 5.41) is 3.36. The molecule has 0 bridgehead atoms. The van der Waals surface area contributed by atoms with E-state index >= 15 is 0 Å². The molecule has 1 atom stereocenters. The topological polar surface area (TPSA) is 38.3 Å². The Bertz CT molecular complexity index is 653. The molecular formula is C18H20ClNO2. The van der Waals surface area contributed by atoms with Gasteiger partial charge in [-0.3, -0.25) is 4.79 Å². The first-order valence-corrected chi connectivity index (χ1v) is 7.67. The number of ether oxygens (including phenoxy) is 1. The summed E-state index contributed by atoms with van der Waals surface area (Å²) in [6.45, 7) is 4.34. The third-order valence-corrected chi connectivity index (χ3v) is 3.99. The first-order chi connectivity index (χ1) is 10.5. The van der Waals surface area contributed by atoms with Gasteiger partial charge in [-0.15, -0.1) is 0 Å². The van der Waals surface area contributed by atoms with Gasteiger partial charge in [0.25, 0.3) is 5.91 Å². The van der Waals surface area contributed by atoms with Crippen LogP contribution in [0.15, 0.2) is 42.5 Å². The summed E-state index contributed by atoms with van der Waals surface area (Å²) in [5.41, 5.74) is 2.43. The van der Waals surface area contributed by atoms with Crippen LogP contribution in [0.25, 0.3) is 0 Å². The molecule has 0 fully saturated rings. The van der Waals surface area contributed by atoms with E-state index in [0.717, 1.165) is 12.1 Å². The van der Waals surface area contributed by atoms with E-state index in [1.54, 1.807) is 18.2 Å². The number of nitrogens with one attached hydrogen (secondary N) is 1. The van der Waals surface area contributed by atoms with Gasteiger partial charge in [0.2, 0.25) is 0 Å². The number of carbonyl (C=O) groups is 1.